The second-order valence-electron chi connectivity index (χ2n) is 6.54. The molecule has 2 aromatic carbocycles. The molecule has 1 saturated carbocycles. The molecule has 0 aliphatic heterocycles. The predicted octanol–water partition coefficient (Wildman–Crippen LogP) is 6.85. The lowest BCUT2D eigenvalue weighted by Crippen LogP contribution is -2.12. The van der Waals surface area contributed by atoms with Gasteiger partial charge in [0.05, 0.1) is 5.56 Å². The molecule has 128 valence electrons. The van der Waals surface area contributed by atoms with Crippen molar-refractivity contribution < 1.29 is 17.6 Å². The Balaban J connectivity index is 1.88. The van der Waals surface area contributed by atoms with Crippen LogP contribution < -0.4 is 0 Å². The molecular weight excluding hydrogens is 316 g/mol. The molecule has 0 spiro atoms. The standard InChI is InChI=1S/C20H20F4/c1-2-3-13-4-6-14(7-5-13)15-8-10-17-16(12-15)9-11-18(19(17)21)20(22,23)24/h2-3,8-14H,4-7H2,1H3/b3-2+. The summed E-state index contributed by atoms with van der Waals surface area (Å²) in [6.07, 6.45) is 4.02. The molecule has 1 aliphatic rings. The summed E-state index contributed by atoms with van der Waals surface area (Å²) < 4.78 is 52.5. The molecule has 3 rings (SSSR count). The van der Waals surface area contributed by atoms with Gasteiger partial charge in [-0.25, -0.2) is 4.39 Å². The van der Waals surface area contributed by atoms with E-state index in [9.17, 15) is 17.6 Å². The number of benzene rings is 2. The highest BCUT2D eigenvalue weighted by Crippen LogP contribution is 2.39. The highest BCUT2D eigenvalue weighted by Gasteiger charge is 2.34. The van der Waals surface area contributed by atoms with Crippen LogP contribution >= 0.6 is 0 Å². The molecule has 0 saturated heterocycles. The average Bonchev–Trinajstić information content (AvgIpc) is 2.54. The zero-order chi connectivity index (χ0) is 17.3. The van der Waals surface area contributed by atoms with Crippen LogP contribution in [0, 0.1) is 11.7 Å². The number of alkyl halides is 3. The summed E-state index contributed by atoms with van der Waals surface area (Å²) >= 11 is 0. The molecule has 24 heavy (non-hydrogen) atoms. The monoisotopic (exact) mass is 336 g/mol. The number of allylic oxidation sites excluding steroid dienone is 2. The van der Waals surface area contributed by atoms with Gasteiger partial charge in [-0.3, -0.25) is 0 Å². The van der Waals surface area contributed by atoms with Gasteiger partial charge in [0.25, 0.3) is 0 Å². The molecule has 4 heteroatoms. The van der Waals surface area contributed by atoms with Crippen LogP contribution in [-0.4, -0.2) is 0 Å². The maximum absolute atomic E-state index is 14.1. The van der Waals surface area contributed by atoms with E-state index in [-0.39, 0.29) is 5.39 Å². The molecule has 0 N–H and O–H groups in total. The first kappa shape index (κ1) is 17.0. The first-order valence-corrected chi connectivity index (χ1v) is 8.32. The van der Waals surface area contributed by atoms with Crippen LogP contribution in [0.15, 0.2) is 42.5 Å². The first-order valence-electron chi connectivity index (χ1n) is 8.32. The van der Waals surface area contributed by atoms with Crippen molar-refractivity contribution in [1.29, 1.82) is 0 Å². The van der Waals surface area contributed by atoms with E-state index in [1.165, 1.54) is 12.1 Å². The molecule has 2 aromatic rings. The fourth-order valence-electron chi connectivity index (χ4n) is 3.70. The lowest BCUT2D eigenvalue weighted by Gasteiger charge is -2.27. The third-order valence-corrected chi connectivity index (χ3v) is 4.99. The fourth-order valence-corrected chi connectivity index (χ4v) is 3.70. The van der Waals surface area contributed by atoms with Gasteiger partial charge in [-0.2, -0.15) is 13.2 Å². The van der Waals surface area contributed by atoms with E-state index in [2.05, 4.69) is 12.2 Å². The van der Waals surface area contributed by atoms with Crippen molar-refractivity contribution in [3.8, 4) is 0 Å². The quantitative estimate of drug-likeness (QED) is 0.416. The van der Waals surface area contributed by atoms with Gasteiger partial charge in [-0.05, 0) is 61.5 Å². The highest BCUT2D eigenvalue weighted by molar-refractivity contribution is 5.84. The summed E-state index contributed by atoms with van der Waals surface area (Å²) in [5, 5.41) is 0.574. The number of rotatable bonds is 2. The minimum absolute atomic E-state index is 0.0381. The zero-order valence-electron chi connectivity index (χ0n) is 13.5. The summed E-state index contributed by atoms with van der Waals surface area (Å²) in [6.45, 7) is 2.03. The number of fused-ring (bicyclic) bond motifs is 1. The zero-order valence-corrected chi connectivity index (χ0v) is 13.5. The molecule has 0 unspecified atom stereocenters. The molecule has 0 radical (unpaired) electrons. The van der Waals surface area contributed by atoms with Crippen LogP contribution in [0.3, 0.4) is 0 Å². The summed E-state index contributed by atoms with van der Waals surface area (Å²) in [5.41, 5.74) is -0.102. The summed E-state index contributed by atoms with van der Waals surface area (Å²) in [4.78, 5) is 0. The fraction of sp³-hybridized carbons (Fsp3) is 0.400. The smallest absolute Gasteiger partial charge is 0.206 e. The van der Waals surface area contributed by atoms with E-state index in [0.29, 0.717) is 17.2 Å². The Morgan fingerprint density at radius 3 is 2.33 bits per heavy atom. The Morgan fingerprint density at radius 1 is 1.00 bits per heavy atom. The molecule has 0 amide bonds. The predicted molar refractivity (Wildman–Crippen MR) is 88.4 cm³/mol. The maximum atomic E-state index is 14.1. The number of halogens is 4. The third kappa shape index (κ3) is 3.33. The van der Waals surface area contributed by atoms with Crippen LogP contribution in [0.5, 0.6) is 0 Å². The number of hydrogen-bond acceptors (Lipinski definition) is 0. The third-order valence-electron chi connectivity index (χ3n) is 4.99. The molecule has 0 bridgehead atoms. The summed E-state index contributed by atoms with van der Waals surface area (Å²) in [6, 6.07) is 7.33. The molecule has 0 nitrogen and oxygen atoms in total. The molecule has 0 aromatic heterocycles. The van der Waals surface area contributed by atoms with Gasteiger partial charge in [-0.1, -0.05) is 36.4 Å². The minimum atomic E-state index is -4.66. The summed E-state index contributed by atoms with van der Waals surface area (Å²) in [7, 11) is 0. The van der Waals surface area contributed by atoms with Crippen molar-refractivity contribution in [2.24, 2.45) is 5.92 Å². The van der Waals surface area contributed by atoms with E-state index >= 15 is 0 Å². The van der Waals surface area contributed by atoms with Crippen LogP contribution in [-0.2, 0) is 6.18 Å². The van der Waals surface area contributed by atoms with E-state index in [0.717, 1.165) is 37.3 Å². The van der Waals surface area contributed by atoms with Gasteiger partial charge in [0.15, 0.2) is 0 Å². The van der Waals surface area contributed by atoms with Gasteiger partial charge in [0.2, 0.25) is 0 Å². The molecule has 0 heterocycles. The van der Waals surface area contributed by atoms with Crippen molar-refractivity contribution >= 4 is 10.8 Å². The highest BCUT2D eigenvalue weighted by atomic mass is 19.4. The number of hydrogen-bond donors (Lipinski definition) is 0. The molecule has 0 atom stereocenters. The van der Waals surface area contributed by atoms with E-state index in [4.69, 9.17) is 0 Å². The van der Waals surface area contributed by atoms with Crippen molar-refractivity contribution in [2.75, 3.05) is 0 Å². The Labute approximate surface area is 139 Å². The largest absolute Gasteiger partial charge is 0.419 e. The maximum Gasteiger partial charge on any atom is 0.419 e. The van der Waals surface area contributed by atoms with Crippen LogP contribution in [0.1, 0.15) is 49.7 Å². The second kappa shape index (κ2) is 6.58. The van der Waals surface area contributed by atoms with Gasteiger partial charge in [0.1, 0.15) is 5.82 Å². The molecule has 1 aliphatic carbocycles. The van der Waals surface area contributed by atoms with E-state index < -0.39 is 17.6 Å². The Morgan fingerprint density at radius 2 is 1.71 bits per heavy atom. The van der Waals surface area contributed by atoms with Crippen LogP contribution in [0.4, 0.5) is 17.6 Å². The van der Waals surface area contributed by atoms with E-state index in [1.807, 2.05) is 13.0 Å². The van der Waals surface area contributed by atoms with Crippen LogP contribution in [0.2, 0.25) is 0 Å². The SMILES string of the molecule is C/C=C/C1CCC(c2ccc3c(F)c(C(F)(F)F)ccc3c2)CC1. The van der Waals surface area contributed by atoms with Gasteiger partial charge in [0, 0.05) is 5.39 Å². The van der Waals surface area contributed by atoms with Crippen molar-refractivity contribution in [1.82, 2.24) is 0 Å². The Bertz CT molecular complexity index is 750. The van der Waals surface area contributed by atoms with Gasteiger partial charge >= 0.3 is 6.18 Å². The normalized spacial score (nSPS) is 22.4. The minimum Gasteiger partial charge on any atom is -0.206 e. The first-order chi connectivity index (χ1) is 11.4. The van der Waals surface area contributed by atoms with Crippen molar-refractivity contribution in [3.63, 3.8) is 0 Å². The molecule has 1 fully saturated rings. The van der Waals surface area contributed by atoms with E-state index in [1.54, 1.807) is 6.07 Å². The summed E-state index contributed by atoms with van der Waals surface area (Å²) in [5.74, 6) is -0.150. The second-order valence-corrected chi connectivity index (χ2v) is 6.54. The van der Waals surface area contributed by atoms with Gasteiger partial charge in [-0.15, -0.1) is 0 Å². The Kier molecular flexibility index (Phi) is 4.66. The lowest BCUT2D eigenvalue weighted by molar-refractivity contribution is -0.139. The Hall–Kier alpha value is -1.84. The van der Waals surface area contributed by atoms with Crippen molar-refractivity contribution in [2.45, 2.75) is 44.7 Å². The lowest BCUT2D eigenvalue weighted by atomic mass is 9.78. The van der Waals surface area contributed by atoms with Gasteiger partial charge < -0.3 is 0 Å². The average molecular weight is 336 g/mol. The topological polar surface area (TPSA) is 0 Å². The van der Waals surface area contributed by atoms with Crippen LogP contribution in [0.25, 0.3) is 10.8 Å². The van der Waals surface area contributed by atoms with Crippen molar-refractivity contribution in [3.05, 3.63) is 59.4 Å². The molecular formula is C20H20F4.